The fraction of sp³-hybridized carbons (Fsp3) is 1.00. The summed E-state index contributed by atoms with van der Waals surface area (Å²) in [5.74, 6) is -3.64. The van der Waals surface area contributed by atoms with Gasteiger partial charge in [-0.1, -0.05) is 351 Å². The summed E-state index contributed by atoms with van der Waals surface area (Å²) in [4.78, 5) is 0. The van der Waals surface area contributed by atoms with Crippen LogP contribution in [0.4, 0.5) is 52.7 Å². The van der Waals surface area contributed by atoms with Crippen molar-refractivity contribution in [2.45, 2.75) is 388 Å². The lowest BCUT2D eigenvalue weighted by atomic mass is 9.91. The summed E-state index contributed by atoms with van der Waals surface area (Å²) in [6.45, 7) is 61.0. The van der Waals surface area contributed by atoms with Crippen LogP contribution < -0.4 is 0 Å². The van der Waals surface area contributed by atoms with Crippen molar-refractivity contribution in [2.75, 3.05) is 0 Å². The maximum absolute atomic E-state index is 11.5. The Kier molecular flexibility index (Phi) is 78.3. The lowest BCUT2D eigenvalue weighted by Crippen LogP contribution is -2.15. The highest BCUT2D eigenvalue weighted by atomic mass is 19.4. The summed E-state index contributed by atoms with van der Waals surface area (Å²) in [5, 5.41) is 0. The standard InChI is InChI=1S/C7H14.2C6H11F3.C6H12.C6H14.C5H12.2C4H7F3.5C4H10.C3H8.C2H6/c1-7-5-3-2-4-6-7;2*1-3-5(2)4-6(7,8)9;1-6-4-2-3-5-6;1-5-6(2,3)4;1-4-5(2)3;2*1-3(2)4(5,6)7;3*1-4(2)3;2*1-3-4-2;1-3-2;1-2/h7H,2-6H2,1H3;2*5H,3-4H2,1-2H3;6H,2-5H2,1H3;5H2,1-4H3;5H,4H2,1-3H3;2*3H,1-2H3;3*4H,1-3H3;2*3-4H2,1-2H3;3H2,1-2H3;1-2H3/t;2*5-;;;;;;;;;;;;/m.00............/s1/i7D;;;6D;5D2;4D2;3D;;2*4D;;3D2;;;. The monoisotopic (exact) mass is 1220 g/mol. The maximum Gasteiger partial charge on any atom is 0.391 e. The topological polar surface area (TPSA) is 0 Å². The average molecular weight is 1220 g/mol. The summed E-state index contributed by atoms with van der Waals surface area (Å²) in [6.07, 6.45) is -4.04. The van der Waals surface area contributed by atoms with Gasteiger partial charge in [-0.15, -0.1) is 0 Å². The molecule has 2 fully saturated rings. The Morgan fingerprint density at radius 2 is 0.617 bits per heavy atom. The zero-order valence-electron chi connectivity index (χ0n) is 70.9. The first-order valence-corrected chi connectivity index (χ1v) is 30.6. The van der Waals surface area contributed by atoms with E-state index in [9.17, 15) is 52.7 Å². The first-order chi connectivity index (χ1) is 39.8. The highest BCUT2D eigenvalue weighted by molar-refractivity contribution is 4.62. The van der Waals surface area contributed by atoms with Gasteiger partial charge < -0.3 is 0 Å². The molecule has 0 N–H and O–H groups in total. The van der Waals surface area contributed by atoms with Crippen LogP contribution >= 0.6 is 0 Å². The molecule has 81 heavy (non-hydrogen) atoms. The van der Waals surface area contributed by atoms with Crippen molar-refractivity contribution in [1.82, 2.24) is 0 Å². The van der Waals surface area contributed by atoms with Crippen LogP contribution in [0.15, 0.2) is 0 Å². The predicted octanol–water partition coefficient (Wildman–Crippen LogP) is 30.7. The van der Waals surface area contributed by atoms with Crippen LogP contribution in [0.2, 0.25) is 0 Å². The van der Waals surface area contributed by atoms with Gasteiger partial charge in [0, 0.05) is 39.7 Å². The van der Waals surface area contributed by atoms with Crippen LogP contribution in [-0.2, 0) is 0 Å². The molecule has 2 rings (SSSR count). The minimum Gasteiger partial charge on any atom is -0.171 e. The van der Waals surface area contributed by atoms with Gasteiger partial charge in [0.05, 0.1) is 0 Å². The van der Waals surface area contributed by atoms with E-state index in [2.05, 4.69) is 48.5 Å². The van der Waals surface area contributed by atoms with Gasteiger partial charge in [0.15, 0.2) is 0 Å². The Labute approximate surface area is 519 Å². The fourth-order valence-electron chi connectivity index (χ4n) is 3.21. The van der Waals surface area contributed by atoms with Gasteiger partial charge in [-0.3, -0.25) is 0 Å². The molecule has 0 aliphatic heterocycles. The van der Waals surface area contributed by atoms with E-state index in [4.69, 9.17) is 15.1 Å². The molecular formula is C69H152F12. The number of hydrogen-bond acceptors (Lipinski definition) is 0. The zero-order valence-corrected chi connectivity index (χ0v) is 59.9. The highest BCUT2D eigenvalue weighted by Crippen LogP contribution is 2.28. The van der Waals surface area contributed by atoms with Crippen LogP contribution in [0.25, 0.3) is 0 Å². The third-order valence-electron chi connectivity index (χ3n) is 9.12. The molecule has 0 spiro atoms. The molecular weight excluding hydrogens is 1060 g/mol. The molecule has 0 aromatic carbocycles. The van der Waals surface area contributed by atoms with Gasteiger partial charge in [-0.25, -0.2) is 0 Å². The normalized spacial score (nSPS) is 17.3. The molecule has 0 bridgehead atoms. The van der Waals surface area contributed by atoms with Gasteiger partial charge in [0.1, 0.15) is 0 Å². The van der Waals surface area contributed by atoms with Crippen molar-refractivity contribution < 1.29 is 67.8 Å². The van der Waals surface area contributed by atoms with Crippen LogP contribution in [0.3, 0.4) is 0 Å². The molecule has 0 radical (unpaired) electrons. The van der Waals surface area contributed by atoms with Gasteiger partial charge >= 0.3 is 24.7 Å². The van der Waals surface area contributed by atoms with Gasteiger partial charge in [0.25, 0.3) is 0 Å². The molecule has 2 saturated carbocycles. The first-order valence-electron chi connectivity index (χ1n) is 36.1. The molecule has 12 heteroatoms. The SMILES string of the molecule is CC.CC(C)C.CC(C)C(F)(F)F.CCC.CCCC.CC[C@H](C)CC(F)(F)F.CC[C@H](C)CC(F)(F)F.[2H]C(C)(C)C.[2H]C(C)(C)C.[2H]C(C)(C)C(F)(F)F.[2H]C([2H])(C)C(C)(C)C.[2H]C([2H])(C)C(C)C.[2H]C([2H])(C)CC.[2H]C1(C)CCCC1.[2H]C1(C)CCCCC1. The first kappa shape index (κ1) is 82.2. The number of halogens is 12. The molecule has 512 valence electrons. The minimum absolute atomic E-state index is 0.0556. The molecule has 0 saturated heterocycles. The quantitative estimate of drug-likeness (QED) is 0.223. The second-order valence-electron chi connectivity index (χ2n) is 23.6. The second-order valence-corrected chi connectivity index (χ2v) is 23.6. The highest BCUT2D eigenvalue weighted by Gasteiger charge is 2.32. The van der Waals surface area contributed by atoms with Crippen molar-refractivity contribution in [2.24, 2.45) is 64.5 Å². The van der Waals surface area contributed by atoms with E-state index in [0.29, 0.717) is 19.3 Å². The van der Waals surface area contributed by atoms with Crippen molar-refractivity contribution in [1.29, 1.82) is 0 Å². The average Bonchev–Trinajstić information content (AvgIpc) is 3.70. The van der Waals surface area contributed by atoms with Crippen molar-refractivity contribution >= 4 is 0 Å². The van der Waals surface area contributed by atoms with Crippen molar-refractivity contribution in [3.8, 4) is 0 Å². The van der Waals surface area contributed by atoms with E-state index in [0.717, 1.165) is 59.3 Å². The lowest BCUT2D eigenvalue weighted by Gasteiger charge is -2.15. The van der Waals surface area contributed by atoms with Crippen molar-refractivity contribution in [3.63, 3.8) is 0 Å². The van der Waals surface area contributed by atoms with Gasteiger partial charge in [-0.2, -0.15) is 52.7 Å². The molecule has 2 atom stereocenters. The van der Waals surface area contributed by atoms with Crippen LogP contribution in [-0.4, -0.2) is 24.7 Å². The Morgan fingerprint density at radius 3 is 0.667 bits per heavy atom. The van der Waals surface area contributed by atoms with E-state index in [1.54, 1.807) is 48.5 Å². The Hall–Kier alpha value is -0.840. The Bertz CT molecular complexity index is 1330. The summed E-state index contributed by atoms with van der Waals surface area (Å²) in [7, 11) is 0. The number of rotatable bonds is 7. The molecule has 2 aliphatic carbocycles. The van der Waals surface area contributed by atoms with Crippen LogP contribution in [0.5, 0.6) is 0 Å². The van der Waals surface area contributed by atoms with E-state index >= 15 is 0 Å². The largest absolute Gasteiger partial charge is 0.391 e. The number of alkyl halides is 12. The molecule has 0 aromatic heterocycles. The third kappa shape index (κ3) is 212. The second kappa shape index (κ2) is 77.2. The van der Waals surface area contributed by atoms with Crippen LogP contribution in [0, 0.1) is 64.5 Å². The third-order valence-corrected chi connectivity index (χ3v) is 9.12. The number of hydrogen-bond donors (Lipinski definition) is 0. The van der Waals surface area contributed by atoms with Gasteiger partial charge in [0.2, 0.25) is 0 Å². The van der Waals surface area contributed by atoms with E-state index < -0.39 is 68.5 Å². The molecule has 0 amide bonds. The number of unbranched alkanes of at least 4 members (excludes halogenated alkanes) is 1. The molecule has 0 heterocycles. The smallest absolute Gasteiger partial charge is 0.171 e. The Morgan fingerprint density at radius 1 is 0.444 bits per heavy atom. The molecule has 0 unspecified atom stereocenters. The molecule has 0 nitrogen and oxygen atoms in total. The van der Waals surface area contributed by atoms with E-state index in [1.807, 2.05) is 111 Å². The maximum atomic E-state index is 11.5. The molecule has 0 aromatic rings. The summed E-state index contributed by atoms with van der Waals surface area (Å²) >= 11 is 0. The Balaban J connectivity index is -0.0000000668. The van der Waals surface area contributed by atoms with E-state index in [1.165, 1.54) is 51.4 Å². The predicted molar refractivity (Wildman–Crippen MR) is 347 cm³/mol. The fourth-order valence-corrected chi connectivity index (χ4v) is 3.21. The molecule has 2 aliphatic rings. The van der Waals surface area contributed by atoms with E-state index in [-0.39, 0.29) is 46.7 Å². The van der Waals surface area contributed by atoms with Crippen molar-refractivity contribution in [3.05, 3.63) is 0 Å². The van der Waals surface area contributed by atoms with Gasteiger partial charge in [-0.05, 0) is 52.7 Å². The lowest BCUT2D eigenvalue weighted by molar-refractivity contribution is -0.165. The summed E-state index contributed by atoms with van der Waals surface area (Å²) < 4.78 is 214. The minimum atomic E-state index is -4.40. The van der Waals surface area contributed by atoms with Crippen LogP contribution in [0.1, 0.15) is 379 Å². The summed E-state index contributed by atoms with van der Waals surface area (Å²) in [5.41, 5.74) is -0.229. The summed E-state index contributed by atoms with van der Waals surface area (Å²) in [6, 6.07) is 0. The zero-order chi connectivity index (χ0) is 78.4.